The average molecular weight is 260 g/mol. The zero-order valence-electron chi connectivity index (χ0n) is 9.11. The number of thiophene rings is 1. The summed E-state index contributed by atoms with van der Waals surface area (Å²) in [7, 11) is 1.59. The molecule has 0 spiro atoms. The van der Waals surface area contributed by atoms with Crippen LogP contribution in [0, 0.1) is 5.92 Å². The van der Waals surface area contributed by atoms with Crippen LogP contribution >= 0.6 is 22.9 Å². The van der Waals surface area contributed by atoms with Gasteiger partial charge in [-0.3, -0.25) is 4.79 Å². The number of rotatable bonds is 3. The Kier molecular flexibility index (Phi) is 3.71. The van der Waals surface area contributed by atoms with Crippen molar-refractivity contribution < 1.29 is 9.53 Å². The Labute approximate surface area is 104 Å². The van der Waals surface area contributed by atoms with Gasteiger partial charge in [0.2, 0.25) is 0 Å². The van der Waals surface area contributed by atoms with Gasteiger partial charge >= 0.3 is 0 Å². The number of carbonyl (C=O) groups is 1. The van der Waals surface area contributed by atoms with Crippen LogP contribution < -0.4 is 4.74 Å². The molecule has 2 heterocycles. The predicted octanol–water partition coefficient (Wildman–Crippen LogP) is 2.46. The largest absolute Gasteiger partial charge is 0.495 e. The van der Waals surface area contributed by atoms with Crippen LogP contribution in [0.25, 0.3) is 0 Å². The maximum Gasteiger partial charge on any atom is 0.267 e. The highest BCUT2D eigenvalue weighted by atomic mass is 35.5. The van der Waals surface area contributed by atoms with Crippen molar-refractivity contribution in [3.63, 3.8) is 0 Å². The molecule has 88 valence electrons. The normalized spacial score (nSPS) is 20.1. The third-order valence-electron chi connectivity index (χ3n) is 2.83. The van der Waals surface area contributed by atoms with Gasteiger partial charge in [0.1, 0.15) is 10.6 Å². The minimum Gasteiger partial charge on any atom is -0.495 e. The van der Waals surface area contributed by atoms with E-state index in [0.717, 1.165) is 19.5 Å². The molecule has 1 saturated heterocycles. The lowest BCUT2D eigenvalue weighted by Gasteiger charge is -2.15. The number of carbonyl (C=O) groups excluding carboxylic acids is 1. The van der Waals surface area contributed by atoms with Gasteiger partial charge in [0.25, 0.3) is 5.91 Å². The Morgan fingerprint density at radius 1 is 1.75 bits per heavy atom. The lowest BCUT2D eigenvalue weighted by molar-refractivity contribution is 0.0790. The lowest BCUT2D eigenvalue weighted by Crippen LogP contribution is -2.28. The number of amides is 1. The minimum atomic E-state index is 0.0690. The molecule has 2 rings (SSSR count). The van der Waals surface area contributed by atoms with Gasteiger partial charge in [-0.05, 0) is 23.8 Å². The summed E-state index contributed by atoms with van der Waals surface area (Å²) in [4.78, 5) is 14.7. The van der Waals surface area contributed by atoms with Crippen LogP contribution in [0.15, 0.2) is 11.4 Å². The van der Waals surface area contributed by atoms with Crippen molar-refractivity contribution in [2.45, 2.75) is 6.42 Å². The Balaban J connectivity index is 2.08. The van der Waals surface area contributed by atoms with E-state index in [1.165, 1.54) is 11.3 Å². The fourth-order valence-electron chi connectivity index (χ4n) is 1.90. The van der Waals surface area contributed by atoms with Gasteiger partial charge in [0.15, 0.2) is 0 Å². The van der Waals surface area contributed by atoms with E-state index in [4.69, 9.17) is 16.3 Å². The molecule has 1 unspecified atom stereocenters. The van der Waals surface area contributed by atoms with Crippen molar-refractivity contribution in [2.24, 2.45) is 5.92 Å². The summed E-state index contributed by atoms with van der Waals surface area (Å²) in [5.41, 5.74) is 0. The van der Waals surface area contributed by atoms with E-state index in [0.29, 0.717) is 22.4 Å². The van der Waals surface area contributed by atoms with Gasteiger partial charge < -0.3 is 9.64 Å². The first-order valence-electron chi connectivity index (χ1n) is 5.23. The van der Waals surface area contributed by atoms with Crippen molar-refractivity contribution in [1.29, 1.82) is 0 Å². The van der Waals surface area contributed by atoms with E-state index in [1.54, 1.807) is 7.11 Å². The molecule has 5 heteroatoms. The third kappa shape index (κ3) is 2.18. The molecule has 1 amide bonds. The van der Waals surface area contributed by atoms with E-state index in [-0.39, 0.29) is 5.91 Å². The Bertz CT molecular complexity index is 380. The molecule has 0 bridgehead atoms. The molecule has 0 radical (unpaired) electrons. The van der Waals surface area contributed by atoms with E-state index >= 15 is 0 Å². The number of hydrogen-bond donors (Lipinski definition) is 0. The molecular formula is C11H14ClNO2S. The summed E-state index contributed by atoms with van der Waals surface area (Å²) in [6.07, 6.45) is 1.00. The summed E-state index contributed by atoms with van der Waals surface area (Å²) < 4.78 is 5.16. The van der Waals surface area contributed by atoms with Crippen LogP contribution in [0.2, 0.25) is 0 Å². The maximum absolute atomic E-state index is 12.2. The molecule has 0 N–H and O–H groups in total. The molecule has 0 saturated carbocycles. The number of hydrogen-bond acceptors (Lipinski definition) is 3. The van der Waals surface area contributed by atoms with Gasteiger partial charge in [0.05, 0.1) is 7.11 Å². The van der Waals surface area contributed by atoms with Gasteiger partial charge in [-0.25, -0.2) is 0 Å². The van der Waals surface area contributed by atoms with Crippen LogP contribution in [0.4, 0.5) is 0 Å². The number of nitrogens with zero attached hydrogens (tertiary/aromatic N) is 1. The summed E-state index contributed by atoms with van der Waals surface area (Å²) in [5, 5.41) is 1.88. The van der Waals surface area contributed by atoms with Gasteiger partial charge in [-0.15, -0.1) is 22.9 Å². The first-order valence-corrected chi connectivity index (χ1v) is 6.64. The lowest BCUT2D eigenvalue weighted by atomic mass is 10.2. The van der Waals surface area contributed by atoms with Crippen LogP contribution in [-0.2, 0) is 0 Å². The average Bonchev–Trinajstić information content (AvgIpc) is 2.96. The number of ether oxygens (including phenoxy) is 1. The number of likely N-dealkylation sites (tertiary alicyclic amines) is 1. The first kappa shape index (κ1) is 11.7. The van der Waals surface area contributed by atoms with Crippen LogP contribution in [0.5, 0.6) is 5.75 Å². The molecule has 16 heavy (non-hydrogen) atoms. The molecule has 1 atom stereocenters. The Hall–Kier alpha value is -0.740. The highest BCUT2D eigenvalue weighted by Crippen LogP contribution is 2.28. The molecule has 1 aromatic rings. The number of methoxy groups -OCH3 is 1. The standard InChI is InChI=1S/C11H14ClNO2S/c1-15-9-3-5-16-10(9)11(14)13-4-2-8(6-12)7-13/h3,5,8H,2,4,6-7H2,1H3. The predicted molar refractivity (Wildman–Crippen MR) is 65.6 cm³/mol. The molecule has 1 aromatic heterocycles. The van der Waals surface area contributed by atoms with Crippen molar-refractivity contribution in [1.82, 2.24) is 4.90 Å². The van der Waals surface area contributed by atoms with Crippen molar-refractivity contribution in [2.75, 3.05) is 26.1 Å². The molecule has 0 aliphatic carbocycles. The topological polar surface area (TPSA) is 29.5 Å². The smallest absolute Gasteiger partial charge is 0.267 e. The second-order valence-electron chi connectivity index (χ2n) is 3.88. The Morgan fingerprint density at radius 3 is 3.19 bits per heavy atom. The van der Waals surface area contributed by atoms with Crippen molar-refractivity contribution in [3.05, 3.63) is 16.3 Å². The van der Waals surface area contributed by atoms with Gasteiger partial charge in [0, 0.05) is 19.0 Å². The highest BCUT2D eigenvalue weighted by Gasteiger charge is 2.28. The van der Waals surface area contributed by atoms with Crippen LogP contribution in [0.1, 0.15) is 16.1 Å². The van der Waals surface area contributed by atoms with Crippen molar-refractivity contribution in [3.8, 4) is 5.75 Å². The molecule has 1 fully saturated rings. The molecule has 3 nitrogen and oxygen atoms in total. The highest BCUT2D eigenvalue weighted by molar-refractivity contribution is 7.12. The van der Waals surface area contributed by atoms with Crippen LogP contribution in [0.3, 0.4) is 0 Å². The minimum absolute atomic E-state index is 0.0690. The SMILES string of the molecule is COc1ccsc1C(=O)N1CCC(CCl)C1. The quantitative estimate of drug-likeness (QED) is 0.781. The number of alkyl halides is 1. The van der Waals surface area contributed by atoms with E-state index in [9.17, 15) is 4.79 Å². The molecule has 1 aliphatic rings. The summed E-state index contributed by atoms with van der Waals surface area (Å²) in [6.45, 7) is 1.57. The first-order chi connectivity index (χ1) is 7.76. The number of halogens is 1. The second kappa shape index (κ2) is 5.06. The zero-order chi connectivity index (χ0) is 11.5. The molecule has 1 aliphatic heterocycles. The van der Waals surface area contributed by atoms with Gasteiger partial charge in [-0.2, -0.15) is 0 Å². The zero-order valence-corrected chi connectivity index (χ0v) is 10.7. The summed E-state index contributed by atoms with van der Waals surface area (Å²) in [5.74, 6) is 1.81. The van der Waals surface area contributed by atoms with Crippen LogP contribution in [-0.4, -0.2) is 36.9 Å². The summed E-state index contributed by atoms with van der Waals surface area (Å²) in [6, 6.07) is 1.83. The Morgan fingerprint density at radius 2 is 2.56 bits per heavy atom. The monoisotopic (exact) mass is 259 g/mol. The van der Waals surface area contributed by atoms with Crippen molar-refractivity contribution >= 4 is 28.8 Å². The van der Waals surface area contributed by atoms with E-state index in [1.807, 2.05) is 16.3 Å². The van der Waals surface area contributed by atoms with E-state index in [2.05, 4.69) is 0 Å². The fraction of sp³-hybridized carbons (Fsp3) is 0.545. The fourth-order valence-corrected chi connectivity index (χ4v) is 2.98. The summed E-state index contributed by atoms with van der Waals surface area (Å²) >= 11 is 7.23. The van der Waals surface area contributed by atoms with E-state index < -0.39 is 0 Å². The molecular weight excluding hydrogens is 246 g/mol. The molecule has 0 aromatic carbocycles. The van der Waals surface area contributed by atoms with Gasteiger partial charge in [-0.1, -0.05) is 0 Å². The second-order valence-corrected chi connectivity index (χ2v) is 5.10. The third-order valence-corrected chi connectivity index (χ3v) is 4.15. The maximum atomic E-state index is 12.2.